The van der Waals surface area contributed by atoms with Crippen molar-refractivity contribution in [2.45, 2.75) is 13.8 Å². The Morgan fingerprint density at radius 1 is 1.23 bits per heavy atom. The number of carbonyl (C=O) groups excluding carboxylic acids is 2. The second-order valence-corrected chi connectivity index (χ2v) is 7.39. The molecule has 12 heteroatoms. The molecule has 0 spiro atoms. The average molecular weight is 458 g/mol. The number of ether oxygens (including phenoxy) is 1. The summed E-state index contributed by atoms with van der Waals surface area (Å²) in [7, 11) is 0. The molecule has 0 aromatic carbocycles. The van der Waals surface area contributed by atoms with E-state index in [2.05, 4.69) is 30.6 Å². The first kappa shape index (κ1) is 22.2. The molecule has 0 radical (unpaired) electrons. The lowest BCUT2D eigenvalue weighted by molar-refractivity contribution is 0.0532. The fraction of sp³-hybridized carbons (Fsp3) is 0.211. The van der Waals surface area contributed by atoms with Gasteiger partial charge in [0.15, 0.2) is 5.82 Å². The quantitative estimate of drug-likeness (QED) is 0.360. The molecule has 0 aliphatic heterocycles. The van der Waals surface area contributed by atoms with Crippen molar-refractivity contribution in [3.63, 3.8) is 0 Å². The third-order valence-corrected chi connectivity index (χ3v) is 5.13. The zero-order chi connectivity index (χ0) is 22.4. The van der Waals surface area contributed by atoms with Crippen LogP contribution in [-0.2, 0) is 4.74 Å². The highest BCUT2D eigenvalue weighted by atomic mass is 32.1. The minimum Gasteiger partial charge on any atom is -0.462 e. The number of nitrogens with two attached hydrogens (primary N) is 1. The number of amides is 2. The van der Waals surface area contributed by atoms with Gasteiger partial charge in [-0.25, -0.2) is 29.5 Å². The van der Waals surface area contributed by atoms with E-state index < -0.39 is 12.0 Å². The molecular weight excluding hydrogens is 438 g/mol. The van der Waals surface area contributed by atoms with E-state index in [1.165, 1.54) is 6.20 Å². The van der Waals surface area contributed by atoms with Crippen LogP contribution in [0.5, 0.6) is 0 Å². The molecule has 4 N–H and O–H groups in total. The van der Waals surface area contributed by atoms with Gasteiger partial charge in [0.2, 0.25) is 0 Å². The molecule has 2 amide bonds. The Labute approximate surface area is 187 Å². The number of carbonyl (C=O) groups is 2. The topological polar surface area (TPSA) is 145 Å². The van der Waals surface area contributed by atoms with Crippen LogP contribution in [-0.4, -0.2) is 50.1 Å². The maximum absolute atomic E-state index is 12.5. The van der Waals surface area contributed by atoms with Gasteiger partial charge in [-0.15, -0.1) is 11.3 Å². The van der Waals surface area contributed by atoms with Gasteiger partial charge >= 0.3 is 12.0 Å². The van der Waals surface area contributed by atoms with E-state index in [0.717, 1.165) is 11.3 Å². The van der Waals surface area contributed by atoms with Gasteiger partial charge in [-0.1, -0.05) is 12.2 Å². The minimum absolute atomic E-state index is 0.0849. The fourth-order valence-electron chi connectivity index (χ4n) is 2.56. The Hall–Kier alpha value is -3.51. The molecule has 3 rings (SSSR count). The van der Waals surface area contributed by atoms with Gasteiger partial charge in [-0.2, -0.15) is 0 Å². The van der Waals surface area contributed by atoms with Crippen LogP contribution in [0.25, 0.3) is 22.1 Å². The predicted octanol–water partition coefficient (Wildman–Crippen LogP) is 2.61. The van der Waals surface area contributed by atoms with Gasteiger partial charge in [0.1, 0.15) is 26.4 Å². The molecule has 0 saturated carbocycles. The van der Waals surface area contributed by atoms with Crippen LogP contribution in [0.2, 0.25) is 0 Å². The smallest absolute Gasteiger partial charge is 0.350 e. The molecule has 10 nitrogen and oxygen atoms in total. The number of nitrogens with one attached hydrogen (secondary N) is 2. The summed E-state index contributed by atoms with van der Waals surface area (Å²) in [5, 5.41) is 5.65. The molecule has 0 bridgehead atoms. The Morgan fingerprint density at radius 2 is 1.97 bits per heavy atom. The first-order chi connectivity index (χ1) is 14.9. The van der Waals surface area contributed by atoms with Crippen LogP contribution >= 0.6 is 23.6 Å². The highest BCUT2D eigenvalue weighted by molar-refractivity contribution is 7.80. The lowest BCUT2D eigenvalue weighted by Gasteiger charge is -2.09. The summed E-state index contributed by atoms with van der Waals surface area (Å²) in [5.41, 5.74) is 7.15. The van der Waals surface area contributed by atoms with E-state index in [1.54, 1.807) is 38.4 Å². The number of rotatable bonds is 7. The molecular formula is C19H19N7O3S2. The van der Waals surface area contributed by atoms with Crippen molar-refractivity contribution in [2.75, 3.05) is 18.5 Å². The van der Waals surface area contributed by atoms with E-state index in [-0.39, 0.29) is 33.8 Å². The van der Waals surface area contributed by atoms with E-state index >= 15 is 0 Å². The van der Waals surface area contributed by atoms with Gasteiger partial charge in [0.05, 0.1) is 6.61 Å². The summed E-state index contributed by atoms with van der Waals surface area (Å²) >= 11 is 6.28. The van der Waals surface area contributed by atoms with E-state index in [0.29, 0.717) is 22.7 Å². The summed E-state index contributed by atoms with van der Waals surface area (Å²) in [6.45, 7) is 4.19. The minimum atomic E-state index is -0.534. The Kier molecular flexibility index (Phi) is 7.15. The van der Waals surface area contributed by atoms with Gasteiger partial charge in [-0.05, 0) is 26.0 Å². The SMILES string of the molecule is CCNC(=O)Nc1cc(C(N)=S)c(-c2nc(-c3ncccn3)c(C(=O)OCC)s2)cn1. The third-order valence-electron chi connectivity index (χ3n) is 3.84. The first-order valence-electron chi connectivity index (χ1n) is 9.25. The van der Waals surface area contributed by atoms with Crippen LogP contribution in [0.1, 0.15) is 29.1 Å². The van der Waals surface area contributed by atoms with Crippen molar-refractivity contribution in [1.82, 2.24) is 25.3 Å². The number of hydrogen-bond acceptors (Lipinski definition) is 9. The zero-order valence-corrected chi connectivity index (χ0v) is 18.3. The molecule has 0 aliphatic rings. The second-order valence-electron chi connectivity index (χ2n) is 5.95. The maximum Gasteiger partial charge on any atom is 0.350 e. The number of nitrogens with zero attached hydrogens (tertiary/aromatic N) is 4. The number of aromatic nitrogens is 4. The average Bonchev–Trinajstić information content (AvgIpc) is 3.20. The van der Waals surface area contributed by atoms with Crippen molar-refractivity contribution in [1.29, 1.82) is 0 Å². The van der Waals surface area contributed by atoms with Crippen LogP contribution in [0.4, 0.5) is 10.6 Å². The van der Waals surface area contributed by atoms with Crippen molar-refractivity contribution >= 4 is 46.4 Å². The summed E-state index contributed by atoms with van der Waals surface area (Å²) in [6.07, 6.45) is 4.60. The lowest BCUT2D eigenvalue weighted by Crippen LogP contribution is -2.28. The van der Waals surface area contributed by atoms with Gasteiger partial charge < -0.3 is 15.8 Å². The zero-order valence-electron chi connectivity index (χ0n) is 16.7. The van der Waals surface area contributed by atoms with Gasteiger partial charge in [-0.3, -0.25) is 5.32 Å². The number of anilines is 1. The van der Waals surface area contributed by atoms with E-state index in [9.17, 15) is 9.59 Å². The number of pyridine rings is 1. The van der Waals surface area contributed by atoms with E-state index in [4.69, 9.17) is 22.7 Å². The Balaban J connectivity index is 2.08. The molecule has 3 heterocycles. The van der Waals surface area contributed by atoms with Crippen LogP contribution in [0, 0.1) is 0 Å². The summed E-state index contributed by atoms with van der Waals surface area (Å²) in [6, 6.07) is 2.81. The molecule has 31 heavy (non-hydrogen) atoms. The number of thiazole rings is 1. The van der Waals surface area contributed by atoms with Crippen molar-refractivity contribution < 1.29 is 14.3 Å². The number of thiocarbonyl (C=S) groups is 1. The first-order valence-corrected chi connectivity index (χ1v) is 10.5. The molecule has 3 aromatic rings. The maximum atomic E-state index is 12.5. The fourth-order valence-corrected chi connectivity index (χ4v) is 3.71. The second kappa shape index (κ2) is 10.00. The van der Waals surface area contributed by atoms with Crippen molar-refractivity contribution in [3.8, 4) is 22.1 Å². The molecule has 0 atom stereocenters. The normalized spacial score (nSPS) is 10.4. The summed E-state index contributed by atoms with van der Waals surface area (Å²) < 4.78 is 5.16. The lowest BCUT2D eigenvalue weighted by atomic mass is 10.1. The number of esters is 1. The molecule has 160 valence electrons. The van der Waals surface area contributed by atoms with Gasteiger partial charge in [0.25, 0.3) is 0 Å². The molecule has 0 aliphatic carbocycles. The number of urea groups is 1. The van der Waals surface area contributed by atoms with Crippen molar-refractivity contribution in [2.24, 2.45) is 5.73 Å². The predicted molar refractivity (Wildman–Crippen MR) is 121 cm³/mol. The summed E-state index contributed by atoms with van der Waals surface area (Å²) in [5.74, 6) is 0.0201. The third kappa shape index (κ3) is 5.16. The highest BCUT2D eigenvalue weighted by Crippen LogP contribution is 2.35. The molecule has 0 saturated heterocycles. The van der Waals surface area contributed by atoms with Crippen molar-refractivity contribution in [3.05, 3.63) is 41.2 Å². The van der Waals surface area contributed by atoms with E-state index in [1.807, 2.05) is 0 Å². The van der Waals surface area contributed by atoms with Crippen LogP contribution in [0.3, 0.4) is 0 Å². The van der Waals surface area contributed by atoms with Crippen LogP contribution < -0.4 is 16.4 Å². The van der Waals surface area contributed by atoms with Crippen LogP contribution in [0.15, 0.2) is 30.7 Å². The highest BCUT2D eigenvalue weighted by Gasteiger charge is 2.24. The Morgan fingerprint density at radius 3 is 2.61 bits per heavy atom. The molecule has 0 fully saturated rings. The van der Waals surface area contributed by atoms with Gasteiger partial charge in [0, 0.05) is 36.3 Å². The summed E-state index contributed by atoms with van der Waals surface area (Å²) in [4.78, 5) is 41.8. The standard InChI is InChI=1S/C19H19N7O3S2/c1-3-21-19(28)25-12-8-10(15(20)30)11(9-24-12)17-26-13(16-22-6-5-7-23-16)14(31-17)18(27)29-4-2/h5-9H,3-4H2,1-2H3,(H2,20,30)(H2,21,24,25,28). The monoisotopic (exact) mass is 457 g/mol. The molecule has 0 unspecified atom stereocenters. The number of hydrogen-bond donors (Lipinski definition) is 3. The Bertz CT molecular complexity index is 1120. The largest absolute Gasteiger partial charge is 0.462 e. The molecule has 3 aromatic heterocycles.